The van der Waals surface area contributed by atoms with Gasteiger partial charge in [-0.15, -0.1) is 0 Å². The molecule has 1 heterocycles. The normalized spacial score (nSPS) is 19.3. The predicted molar refractivity (Wildman–Crippen MR) is 87.0 cm³/mol. The lowest BCUT2D eigenvalue weighted by Crippen LogP contribution is -2.21. The Kier molecular flexibility index (Phi) is 5.29. The maximum Gasteiger partial charge on any atom is 0.335 e. The van der Waals surface area contributed by atoms with Crippen LogP contribution in [0.25, 0.3) is 0 Å². The molecule has 0 N–H and O–H groups in total. The number of halogens is 1. The summed E-state index contributed by atoms with van der Waals surface area (Å²) in [5.41, 5.74) is 3.10. The summed E-state index contributed by atoms with van der Waals surface area (Å²) in [6.07, 6.45) is 1.97. The van der Waals surface area contributed by atoms with E-state index in [2.05, 4.69) is 56.7 Å². The molecule has 0 amide bonds. The van der Waals surface area contributed by atoms with Gasteiger partial charge in [0.25, 0.3) is 0 Å². The lowest BCUT2D eigenvalue weighted by molar-refractivity contribution is -0.138. The van der Waals surface area contributed by atoms with Crippen molar-refractivity contribution in [1.29, 1.82) is 0 Å². The fourth-order valence-corrected chi connectivity index (χ4v) is 3.74. The van der Waals surface area contributed by atoms with E-state index in [1.807, 2.05) is 13.0 Å². The van der Waals surface area contributed by atoms with Gasteiger partial charge in [0.2, 0.25) is 0 Å². The van der Waals surface area contributed by atoms with E-state index >= 15 is 0 Å². The topological polar surface area (TPSA) is 29.5 Å². The van der Waals surface area contributed by atoms with E-state index < -0.39 is 0 Å². The molecule has 0 aromatic heterocycles. The molecule has 0 saturated carbocycles. The molecule has 1 aromatic rings. The van der Waals surface area contributed by atoms with Crippen molar-refractivity contribution in [3.63, 3.8) is 0 Å². The van der Waals surface area contributed by atoms with Gasteiger partial charge in [-0.3, -0.25) is 0 Å². The van der Waals surface area contributed by atoms with Crippen LogP contribution in [0.5, 0.6) is 0 Å². The molecule has 5 heteroatoms. The third-order valence-corrected chi connectivity index (χ3v) is 5.12. The fraction of sp³-hybridized carbons (Fsp3) is 0.357. The summed E-state index contributed by atoms with van der Waals surface area (Å²) in [5.74, 6) is -0.207. The molecule has 102 valence electrons. The molecule has 1 aliphatic heterocycles. The van der Waals surface area contributed by atoms with E-state index in [1.54, 1.807) is 9.12 Å². The minimum absolute atomic E-state index is 0.0125. The molecular formula is C14H16INO2S. The van der Waals surface area contributed by atoms with Gasteiger partial charge in [0.15, 0.2) is 0 Å². The molecule has 1 aliphatic rings. The van der Waals surface area contributed by atoms with Crippen LogP contribution in [-0.4, -0.2) is 23.4 Å². The number of aryl methyl sites for hydroxylation is 1. The first kappa shape index (κ1) is 14.9. The number of rotatable bonds is 4. The summed E-state index contributed by atoms with van der Waals surface area (Å²) in [6.45, 7) is 5.07. The van der Waals surface area contributed by atoms with Crippen molar-refractivity contribution in [1.82, 2.24) is 4.31 Å². The van der Waals surface area contributed by atoms with Gasteiger partial charge in [-0.25, -0.2) is 9.10 Å². The quantitative estimate of drug-likeness (QED) is 0.445. The van der Waals surface area contributed by atoms with E-state index in [0.717, 1.165) is 17.7 Å². The van der Waals surface area contributed by atoms with Crippen LogP contribution in [0.1, 0.15) is 24.1 Å². The molecule has 0 saturated heterocycles. The van der Waals surface area contributed by atoms with E-state index in [0.29, 0.717) is 6.61 Å². The monoisotopic (exact) mass is 389 g/mol. The van der Waals surface area contributed by atoms with Crippen LogP contribution in [0.3, 0.4) is 0 Å². The lowest BCUT2D eigenvalue weighted by Gasteiger charge is -2.23. The van der Waals surface area contributed by atoms with Crippen LogP contribution in [0, 0.1) is 6.92 Å². The number of nitrogens with zero attached hydrogens (tertiary/aromatic N) is 1. The zero-order chi connectivity index (χ0) is 13.8. The average molecular weight is 389 g/mol. The standard InChI is InChI=1S/C14H16INO2S/c1-3-18-14(17)12-8-9-16(19-15)13(12)11-6-4-10(2)5-7-11/h4-8,13H,3,9H2,1-2H3. The molecule has 0 radical (unpaired) electrons. The summed E-state index contributed by atoms with van der Waals surface area (Å²) in [6, 6.07) is 8.30. The number of carbonyl (C=O) groups excluding carboxylic acids is 1. The number of hydrogen-bond donors (Lipinski definition) is 0. The number of ether oxygens (including phenoxy) is 1. The summed E-state index contributed by atoms with van der Waals surface area (Å²) in [7, 11) is 1.62. The van der Waals surface area contributed by atoms with Crippen molar-refractivity contribution in [3.8, 4) is 0 Å². The van der Waals surface area contributed by atoms with Crippen LogP contribution in [0.2, 0.25) is 0 Å². The predicted octanol–water partition coefficient (Wildman–Crippen LogP) is 3.84. The SMILES string of the molecule is CCOC(=O)C1=CCN(SI)C1c1ccc(C)cc1. The summed E-state index contributed by atoms with van der Waals surface area (Å²) in [5, 5.41) is 0. The van der Waals surface area contributed by atoms with Crippen LogP contribution in [0.4, 0.5) is 0 Å². The summed E-state index contributed by atoms with van der Waals surface area (Å²) in [4.78, 5) is 12.0. The lowest BCUT2D eigenvalue weighted by atomic mass is 10.00. The van der Waals surface area contributed by atoms with Crippen molar-refractivity contribution in [2.24, 2.45) is 0 Å². The van der Waals surface area contributed by atoms with Crippen LogP contribution >= 0.6 is 30.3 Å². The van der Waals surface area contributed by atoms with Crippen molar-refractivity contribution in [3.05, 3.63) is 47.0 Å². The second kappa shape index (κ2) is 6.76. The zero-order valence-electron chi connectivity index (χ0n) is 10.9. The highest BCUT2D eigenvalue weighted by atomic mass is 127. The molecule has 0 aliphatic carbocycles. The van der Waals surface area contributed by atoms with Crippen molar-refractivity contribution < 1.29 is 9.53 Å². The molecule has 2 rings (SSSR count). The Morgan fingerprint density at radius 2 is 2.16 bits per heavy atom. The summed E-state index contributed by atoms with van der Waals surface area (Å²) >= 11 is 2.25. The van der Waals surface area contributed by atoms with Crippen LogP contribution < -0.4 is 0 Å². The second-order valence-corrected chi connectivity index (χ2v) is 6.15. The summed E-state index contributed by atoms with van der Waals surface area (Å²) < 4.78 is 7.33. The van der Waals surface area contributed by atoms with Gasteiger partial charge in [0.1, 0.15) is 0 Å². The van der Waals surface area contributed by atoms with Crippen molar-refractivity contribution >= 4 is 36.3 Å². The number of hydrogen-bond acceptors (Lipinski definition) is 4. The third kappa shape index (κ3) is 3.32. The molecule has 1 atom stereocenters. The van der Waals surface area contributed by atoms with E-state index in [4.69, 9.17) is 4.74 Å². The van der Waals surface area contributed by atoms with E-state index in [1.165, 1.54) is 5.56 Å². The van der Waals surface area contributed by atoms with Gasteiger partial charge >= 0.3 is 5.97 Å². The van der Waals surface area contributed by atoms with Crippen LogP contribution in [-0.2, 0) is 9.53 Å². The van der Waals surface area contributed by atoms with E-state index in [9.17, 15) is 4.79 Å². The first-order chi connectivity index (χ1) is 9.17. The number of benzene rings is 1. The Bertz CT molecular complexity index is 487. The first-order valence-corrected chi connectivity index (χ1v) is 9.48. The first-order valence-electron chi connectivity index (χ1n) is 6.16. The molecule has 0 bridgehead atoms. The van der Waals surface area contributed by atoms with Gasteiger partial charge in [0, 0.05) is 27.8 Å². The molecule has 3 nitrogen and oxygen atoms in total. The second-order valence-electron chi connectivity index (χ2n) is 4.36. The molecule has 1 aromatic carbocycles. The Balaban J connectivity index is 2.29. The number of carbonyl (C=O) groups is 1. The van der Waals surface area contributed by atoms with E-state index in [-0.39, 0.29) is 12.0 Å². The maximum atomic E-state index is 12.0. The van der Waals surface area contributed by atoms with Gasteiger partial charge < -0.3 is 4.74 Å². The van der Waals surface area contributed by atoms with Gasteiger partial charge in [-0.2, -0.15) is 0 Å². The maximum absolute atomic E-state index is 12.0. The molecule has 1 unspecified atom stereocenters. The van der Waals surface area contributed by atoms with Gasteiger partial charge in [0.05, 0.1) is 18.2 Å². The Labute approximate surface area is 130 Å². The fourth-order valence-electron chi connectivity index (χ4n) is 2.13. The highest BCUT2D eigenvalue weighted by molar-refractivity contribution is 14.2. The molecular weight excluding hydrogens is 373 g/mol. The van der Waals surface area contributed by atoms with Crippen LogP contribution in [0.15, 0.2) is 35.9 Å². The Morgan fingerprint density at radius 3 is 2.74 bits per heavy atom. The van der Waals surface area contributed by atoms with Crippen molar-refractivity contribution in [2.75, 3.05) is 13.2 Å². The highest BCUT2D eigenvalue weighted by Gasteiger charge is 2.33. The highest BCUT2D eigenvalue weighted by Crippen LogP contribution is 2.40. The Hall–Kier alpha value is -0.530. The number of esters is 1. The zero-order valence-corrected chi connectivity index (χ0v) is 13.9. The minimum Gasteiger partial charge on any atom is -0.463 e. The molecule has 0 fully saturated rings. The third-order valence-electron chi connectivity index (χ3n) is 3.07. The molecule has 0 spiro atoms. The molecule has 19 heavy (non-hydrogen) atoms. The van der Waals surface area contributed by atoms with Crippen molar-refractivity contribution in [2.45, 2.75) is 19.9 Å². The van der Waals surface area contributed by atoms with Gasteiger partial charge in [-0.1, -0.05) is 35.9 Å². The smallest absolute Gasteiger partial charge is 0.335 e. The average Bonchev–Trinajstić information content (AvgIpc) is 2.83. The minimum atomic E-state index is -0.207. The van der Waals surface area contributed by atoms with Gasteiger partial charge in [-0.05, 0) is 28.5 Å². The largest absolute Gasteiger partial charge is 0.463 e. The Morgan fingerprint density at radius 1 is 1.47 bits per heavy atom.